The number of carbonyl (C=O) groups excluding carboxylic acids is 2. The zero-order valence-electron chi connectivity index (χ0n) is 9.49. The van der Waals surface area contributed by atoms with E-state index in [-0.39, 0.29) is 115 Å². The van der Waals surface area contributed by atoms with Crippen LogP contribution in [0.4, 0.5) is 0 Å². The summed E-state index contributed by atoms with van der Waals surface area (Å²) < 4.78 is 0. The molecule has 1 saturated carbocycles. The van der Waals surface area contributed by atoms with Gasteiger partial charge in [-0.05, 0) is 37.0 Å². The summed E-state index contributed by atoms with van der Waals surface area (Å²) in [5.74, 6) is -3.39. The van der Waals surface area contributed by atoms with Crippen molar-refractivity contribution in [3.63, 3.8) is 0 Å². The van der Waals surface area contributed by atoms with Crippen LogP contribution in [0.5, 0.6) is 0 Å². The summed E-state index contributed by atoms with van der Waals surface area (Å²) in [5, 5.41) is 21.1. The Hall–Kier alpha value is 2.21. The minimum Gasteiger partial charge on any atom is -0.550 e. The molecule has 0 radical (unpaired) electrons. The molecular formula is C9H12K2O4. The van der Waals surface area contributed by atoms with Crippen LogP contribution in [0, 0.1) is 17.8 Å². The molecule has 74 valence electrons. The van der Waals surface area contributed by atoms with Crippen molar-refractivity contribution in [2.24, 2.45) is 17.8 Å². The molecule has 0 amide bonds. The fraction of sp³-hybridized carbons (Fsp3) is 0.778. The van der Waals surface area contributed by atoms with Crippen LogP contribution in [-0.4, -0.2) is 11.9 Å². The molecule has 15 heavy (non-hydrogen) atoms. The van der Waals surface area contributed by atoms with Gasteiger partial charge in [-0.25, -0.2) is 0 Å². The Bertz CT molecular complexity index is 210. The zero-order chi connectivity index (χ0) is 10.0. The van der Waals surface area contributed by atoms with Crippen molar-refractivity contribution in [2.45, 2.75) is 26.2 Å². The molecular weight excluding hydrogens is 250 g/mol. The van der Waals surface area contributed by atoms with Gasteiger partial charge in [0.15, 0.2) is 0 Å². The van der Waals surface area contributed by atoms with Gasteiger partial charge in [-0.3, -0.25) is 0 Å². The van der Waals surface area contributed by atoms with E-state index in [1.807, 2.05) is 6.92 Å². The van der Waals surface area contributed by atoms with Gasteiger partial charge in [-0.15, -0.1) is 0 Å². The maximum absolute atomic E-state index is 10.5. The molecule has 1 fully saturated rings. The minimum atomic E-state index is -1.14. The Morgan fingerprint density at radius 2 is 1.27 bits per heavy atom. The van der Waals surface area contributed by atoms with E-state index in [4.69, 9.17) is 0 Å². The van der Waals surface area contributed by atoms with Gasteiger partial charge in [0.1, 0.15) is 0 Å². The second-order valence-corrected chi connectivity index (χ2v) is 3.84. The normalized spacial score (nSPS) is 29.5. The van der Waals surface area contributed by atoms with Crippen LogP contribution in [0.25, 0.3) is 0 Å². The molecule has 0 heterocycles. The van der Waals surface area contributed by atoms with Gasteiger partial charge in [-0.1, -0.05) is 6.92 Å². The molecule has 0 aromatic rings. The molecule has 2 unspecified atom stereocenters. The summed E-state index contributed by atoms with van der Waals surface area (Å²) in [7, 11) is 0. The number of rotatable bonds is 2. The van der Waals surface area contributed by atoms with Gasteiger partial charge in [-0.2, -0.15) is 0 Å². The standard InChI is InChI=1S/C9H14O4.2K/c1-5-2-6(8(10)11)4-7(3-5)9(12)13;;/h5-7H,2-4H2,1H3,(H,10,11)(H,12,13);;/q;2*+1/p-2. The first-order valence-electron chi connectivity index (χ1n) is 4.42. The molecule has 0 bridgehead atoms. The molecule has 0 aliphatic heterocycles. The van der Waals surface area contributed by atoms with Gasteiger partial charge in [0.2, 0.25) is 0 Å². The average Bonchev–Trinajstić information content (AvgIpc) is 2.03. The molecule has 0 N–H and O–H groups in total. The molecule has 0 spiro atoms. The second kappa shape index (κ2) is 9.18. The predicted octanol–water partition coefficient (Wildman–Crippen LogP) is -7.45. The summed E-state index contributed by atoms with van der Waals surface area (Å²) in [6.45, 7) is 1.85. The molecule has 1 rings (SSSR count). The first-order chi connectivity index (χ1) is 6.00. The van der Waals surface area contributed by atoms with Crippen molar-refractivity contribution >= 4 is 11.9 Å². The maximum atomic E-state index is 10.5. The summed E-state index contributed by atoms with van der Waals surface area (Å²) in [6.07, 6.45) is 1.20. The zero-order valence-corrected chi connectivity index (χ0v) is 15.7. The average molecular weight is 262 g/mol. The molecule has 0 saturated heterocycles. The Morgan fingerprint density at radius 3 is 1.53 bits per heavy atom. The van der Waals surface area contributed by atoms with Crippen LogP contribution in [0.15, 0.2) is 0 Å². The van der Waals surface area contributed by atoms with Crippen LogP contribution in [-0.2, 0) is 9.59 Å². The molecule has 0 aromatic heterocycles. The van der Waals surface area contributed by atoms with Gasteiger partial charge in [0.05, 0.1) is 0 Å². The first kappa shape index (κ1) is 19.6. The third-order valence-corrected chi connectivity index (χ3v) is 2.61. The molecule has 4 nitrogen and oxygen atoms in total. The van der Waals surface area contributed by atoms with Gasteiger partial charge < -0.3 is 19.8 Å². The third kappa shape index (κ3) is 6.64. The molecule has 6 heteroatoms. The van der Waals surface area contributed by atoms with E-state index in [1.165, 1.54) is 0 Å². The van der Waals surface area contributed by atoms with Crippen LogP contribution < -0.4 is 113 Å². The van der Waals surface area contributed by atoms with Crippen molar-refractivity contribution in [3.8, 4) is 0 Å². The van der Waals surface area contributed by atoms with Crippen LogP contribution in [0.1, 0.15) is 26.2 Å². The van der Waals surface area contributed by atoms with Gasteiger partial charge >= 0.3 is 103 Å². The smallest absolute Gasteiger partial charge is 0.550 e. The summed E-state index contributed by atoms with van der Waals surface area (Å²) >= 11 is 0. The van der Waals surface area contributed by atoms with Crippen LogP contribution >= 0.6 is 0 Å². The number of carbonyl (C=O) groups is 2. The monoisotopic (exact) mass is 262 g/mol. The summed E-state index contributed by atoms with van der Waals surface area (Å²) in [5.41, 5.74) is 0. The van der Waals surface area contributed by atoms with E-state index in [0.717, 1.165) is 0 Å². The predicted molar refractivity (Wildman–Crippen MR) is 40.0 cm³/mol. The number of carboxylic acid groups (broad SMARTS) is 2. The summed E-state index contributed by atoms with van der Waals surface area (Å²) in [4.78, 5) is 21.1. The number of hydrogen-bond acceptors (Lipinski definition) is 4. The van der Waals surface area contributed by atoms with E-state index < -0.39 is 23.8 Å². The van der Waals surface area contributed by atoms with E-state index in [2.05, 4.69) is 0 Å². The molecule has 0 aromatic carbocycles. The quantitative estimate of drug-likeness (QED) is 0.463. The van der Waals surface area contributed by atoms with Crippen molar-refractivity contribution in [1.29, 1.82) is 0 Å². The number of hydrogen-bond donors (Lipinski definition) is 0. The Morgan fingerprint density at radius 1 is 0.933 bits per heavy atom. The van der Waals surface area contributed by atoms with Crippen LogP contribution in [0.3, 0.4) is 0 Å². The first-order valence-corrected chi connectivity index (χ1v) is 4.42. The van der Waals surface area contributed by atoms with E-state index in [9.17, 15) is 19.8 Å². The van der Waals surface area contributed by atoms with E-state index in [0.29, 0.717) is 12.8 Å². The number of carboxylic acids is 2. The molecule has 2 atom stereocenters. The third-order valence-electron chi connectivity index (χ3n) is 2.61. The van der Waals surface area contributed by atoms with Crippen LogP contribution in [0.2, 0.25) is 0 Å². The Balaban J connectivity index is 0. The topological polar surface area (TPSA) is 80.3 Å². The van der Waals surface area contributed by atoms with Crippen molar-refractivity contribution in [2.75, 3.05) is 0 Å². The SMILES string of the molecule is CC1CC(C(=O)[O-])CC(C(=O)[O-])C1.[K+].[K+]. The largest absolute Gasteiger partial charge is 1.00 e. The molecule has 1 aliphatic rings. The Labute approximate surface area is 174 Å². The number of aliphatic carboxylic acids is 2. The Kier molecular flexibility index (Phi) is 12.0. The maximum Gasteiger partial charge on any atom is 1.00 e. The summed E-state index contributed by atoms with van der Waals surface area (Å²) in [6, 6.07) is 0. The van der Waals surface area contributed by atoms with Crippen molar-refractivity contribution < 1.29 is 123 Å². The fourth-order valence-electron chi connectivity index (χ4n) is 1.99. The minimum absolute atomic E-state index is 0. The fourth-order valence-corrected chi connectivity index (χ4v) is 1.99. The van der Waals surface area contributed by atoms with Gasteiger partial charge in [0.25, 0.3) is 0 Å². The van der Waals surface area contributed by atoms with Crippen molar-refractivity contribution in [3.05, 3.63) is 0 Å². The van der Waals surface area contributed by atoms with E-state index in [1.54, 1.807) is 0 Å². The van der Waals surface area contributed by atoms with Gasteiger partial charge in [0, 0.05) is 11.9 Å². The van der Waals surface area contributed by atoms with Crippen molar-refractivity contribution in [1.82, 2.24) is 0 Å². The molecule has 1 aliphatic carbocycles. The second-order valence-electron chi connectivity index (χ2n) is 3.84. The van der Waals surface area contributed by atoms with E-state index >= 15 is 0 Å².